The summed E-state index contributed by atoms with van der Waals surface area (Å²) >= 11 is 0. The minimum Gasteiger partial charge on any atom is -0.382 e. The molecule has 1 aromatic rings. The Labute approximate surface area is 110 Å². The van der Waals surface area contributed by atoms with Crippen LogP contribution in [-0.2, 0) is 11.2 Å². The lowest BCUT2D eigenvalue weighted by Crippen LogP contribution is -2.22. The van der Waals surface area contributed by atoms with Crippen LogP contribution in [0, 0.1) is 11.3 Å². The van der Waals surface area contributed by atoms with Crippen LogP contribution in [0.3, 0.4) is 0 Å². The second kappa shape index (κ2) is 8.68. The van der Waals surface area contributed by atoms with Crippen molar-refractivity contribution in [2.75, 3.05) is 19.8 Å². The molecule has 3 heteroatoms. The molecule has 0 bridgehead atoms. The van der Waals surface area contributed by atoms with Crippen molar-refractivity contribution in [1.29, 1.82) is 5.26 Å². The predicted octanol–water partition coefficient (Wildman–Crippen LogP) is 2.83. The van der Waals surface area contributed by atoms with Crippen LogP contribution in [0.1, 0.15) is 37.4 Å². The summed E-state index contributed by atoms with van der Waals surface area (Å²) in [5, 5.41) is 12.4. The molecule has 0 aliphatic heterocycles. The Morgan fingerprint density at radius 1 is 1.28 bits per heavy atom. The minimum absolute atomic E-state index is 0.225. The zero-order valence-corrected chi connectivity index (χ0v) is 11.3. The van der Waals surface area contributed by atoms with Gasteiger partial charge in [0.2, 0.25) is 0 Å². The van der Waals surface area contributed by atoms with Crippen LogP contribution in [0.2, 0.25) is 0 Å². The fraction of sp³-hybridized carbons (Fsp3) is 0.533. The van der Waals surface area contributed by atoms with Crippen LogP contribution in [0.15, 0.2) is 24.3 Å². The van der Waals surface area contributed by atoms with Gasteiger partial charge in [-0.05, 0) is 37.4 Å². The third-order valence-corrected chi connectivity index (χ3v) is 2.87. The predicted molar refractivity (Wildman–Crippen MR) is 73.3 cm³/mol. The van der Waals surface area contributed by atoms with E-state index in [9.17, 15) is 0 Å². The highest BCUT2D eigenvalue weighted by Gasteiger charge is 2.08. The molecule has 3 nitrogen and oxygen atoms in total. The van der Waals surface area contributed by atoms with Gasteiger partial charge >= 0.3 is 0 Å². The Balaban J connectivity index is 2.42. The topological polar surface area (TPSA) is 45.0 Å². The molecule has 1 N–H and O–H groups in total. The molecule has 0 radical (unpaired) electrons. The number of hydrogen-bond donors (Lipinski definition) is 1. The second-order valence-electron chi connectivity index (χ2n) is 4.16. The van der Waals surface area contributed by atoms with E-state index in [0.29, 0.717) is 0 Å². The zero-order chi connectivity index (χ0) is 13.2. The maximum absolute atomic E-state index is 9.16. The van der Waals surface area contributed by atoms with Gasteiger partial charge in [-0.3, -0.25) is 5.32 Å². The second-order valence-corrected chi connectivity index (χ2v) is 4.16. The van der Waals surface area contributed by atoms with Crippen molar-refractivity contribution in [2.45, 2.75) is 32.7 Å². The van der Waals surface area contributed by atoms with Gasteiger partial charge in [0, 0.05) is 13.2 Å². The molecule has 98 valence electrons. The minimum atomic E-state index is -0.225. The van der Waals surface area contributed by atoms with Gasteiger partial charge < -0.3 is 4.74 Å². The number of hydrogen-bond acceptors (Lipinski definition) is 3. The van der Waals surface area contributed by atoms with Crippen LogP contribution in [0.25, 0.3) is 0 Å². The number of nitrogens with one attached hydrogen (secondary N) is 1. The summed E-state index contributed by atoms with van der Waals surface area (Å²) in [4.78, 5) is 0. The van der Waals surface area contributed by atoms with E-state index >= 15 is 0 Å². The first-order valence-corrected chi connectivity index (χ1v) is 6.61. The fourth-order valence-electron chi connectivity index (χ4n) is 1.75. The Bertz CT molecular complexity index is 367. The Morgan fingerprint density at radius 2 is 2.00 bits per heavy atom. The van der Waals surface area contributed by atoms with E-state index in [1.165, 1.54) is 5.56 Å². The number of nitriles is 1. The van der Waals surface area contributed by atoms with E-state index in [1.807, 2.05) is 19.1 Å². The first-order valence-electron chi connectivity index (χ1n) is 6.61. The molecule has 0 spiro atoms. The van der Waals surface area contributed by atoms with Crippen LogP contribution >= 0.6 is 0 Å². The van der Waals surface area contributed by atoms with E-state index in [-0.39, 0.29) is 6.04 Å². The highest BCUT2D eigenvalue weighted by molar-refractivity contribution is 5.28. The molecule has 0 fully saturated rings. The molecule has 1 atom stereocenters. The highest BCUT2D eigenvalue weighted by atomic mass is 16.5. The molecule has 0 aliphatic rings. The van der Waals surface area contributed by atoms with Crippen molar-refractivity contribution in [3.05, 3.63) is 35.4 Å². The average molecular weight is 246 g/mol. The largest absolute Gasteiger partial charge is 0.382 e. The van der Waals surface area contributed by atoms with Gasteiger partial charge in [-0.2, -0.15) is 5.26 Å². The molecule has 0 aromatic heterocycles. The van der Waals surface area contributed by atoms with Gasteiger partial charge in [0.1, 0.15) is 6.04 Å². The molecular formula is C15H22N2O. The molecule has 1 rings (SSSR count). The van der Waals surface area contributed by atoms with Crippen molar-refractivity contribution in [3.63, 3.8) is 0 Å². The number of nitrogens with zero attached hydrogens (tertiary/aromatic N) is 1. The zero-order valence-electron chi connectivity index (χ0n) is 11.3. The third-order valence-electron chi connectivity index (χ3n) is 2.87. The van der Waals surface area contributed by atoms with Gasteiger partial charge in [-0.15, -0.1) is 0 Å². The van der Waals surface area contributed by atoms with Crippen LogP contribution < -0.4 is 5.32 Å². The van der Waals surface area contributed by atoms with E-state index < -0.39 is 0 Å². The summed E-state index contributed by atoms with van der Waals surface area (Å²) in [5.74, 6) is 0. The van der Waals surface area contributed by atoms with E-state index in [1.54, 1.807) is 0 Å². The third kappa shape index (κ3) is 4.87. The monoisotopic (exact) mass is 246 g/mol. The van der Waals surface area contributed by atoms with Gasteiger partial charge in [0.15, 0.2) is 0 Å². The maximum atomic E-state index is 9.16. The normalized spacial score (nSPS) is 12.1. The van der Waals surface area contributed by atoms with E-state index in [2.05, 4.69) is 30.4 Å². The smallest absolute Gasteiger partial charge is 0.121 e. The van der Waals surface area contributed by atoms with Crippen molar-refractivity contribution < 1.29 is 4.74 Å². The summed E-state index contributed by atoms with van der Waals surface area (Å²) in [6.45, 7) is 6.41. The number of rotatable bonds is 8. The maximum Gasteiger partial charge on any atom is 0.121 e. The molecule has 1 unspecified atom stereocenters. The lowest BCUT2D eigenvalue weighted by Gasteiger charge is -2.12. The Kier molecular flexibility index (Phi) is 7.09. The van der Waals surface area contributed by atoms with Crippen LogP contribution in [0.5, 0.6) is 0 Å². The van der Waals surface area contributed by atoms with Gasteiger partial charge in [-0.25, -0.2) is 0 Å². The Hall–Kier alpha value is -1.37. The van der Waals surface area contributed by atoms with Gasteiger partial charge in [0.05, 0.1) is 6.07 Å². The highest BCUT2D eigenvalue weighted by Crippen LogP contribution is 2.13. The molecule has 0 amide bonds. The first kappa shape index (κ1) is 14.7. The molecule has 0 aliphatic carbocycles. The lowest BCUT2D eigenvalue weighted by molar-refractivity contribution is 0.144. The van der Waals surface area contributed by atoms with Crippen molar-refractivity contribution >= 4 is 0 Å². The summed E-state index contributed by atoms with van der Waals surface area (Å²) in [5.41, 5.74) is 2.33. The van der Waals surface area contributed by atoms with Crippen molar-refractivity contribution in [1.82, 2.24) is 5.32 Å². The van der Waals surface area contributed by atoms with E-state index in [0.717, 1.165) is 38.2 Å². The molecule has 0 saturated carbocycles. The SMILES string of the molecule is CCOCCCNC(C#N)c1ccc(CC)cc1. The fourth-order valence-corrected chi connectivity index (χ4v) is 1.75. The van der Waals surface area contributed by atoms with Crippen LogP contribution in [-0.4, -0.2) is 19.8 Å². The molecule has 0 heterocycles. The average Bonchev–Trinajstić information content (AvgIpc) is 2.43. The summed E-state index contributed by atoms with van der Waals surface area (Å²) in [7, 11) is 0. The standard InChI is InChI=1S/C15H22N2O/c1-3-13-6-8-14(9-7-13)15(12-16)17-10-5-11-18-4-2/h6-9,15,17H,3-5,10-11H2,1-2H3. The Morgan fingerprint density at radius 3 is 2.56 bits per heavy atom. The first-order chi connectivity index (χ1) is 8.81. The quantitative estimate of drug-likeness (QED) is 0.717. The summed E-state index contributed by atoms with van der Waals surface area (Å²) in [6, 6.07) is 10.3. The van der Waals surface area contributed by atoms with Gasteiger partial charge in [-0.1, -0.05) is 31.2 Å². The lowest BCUT2D eigenvalue weighted by atomic mass is 10.0. The summed E-state index contributed by atoms with van der Waals surface area (Å²) in [6.07, 6.45) is 1.96. The number of benzene rings is 1. The molecule has 18 heavy (non-hydrogen) atoms. The van der Waals surface area contributed by atoms with Crippen molar-refractivity contribution in [3.8, 4) is 6.07 Å². The van der Waals surface area contributed by atoms with Crippen LogP contribution in [0.4, 0.5) is 0 Å². The van der Waals surface area contributed by atoms with Crippen molar-refractivity contribution in [2.24, 2.45) is 0 Å². The molecular weight excluding hydrogens is 224 g/mol. The molecule has 0 saturated heterocycles. The van der Waals surface area contributed by atoms with Gasteiger partial charge in [0.25, 0.3) is 0 Å². The number of ether oxygens (including phenoxy) is 1. The number of aryl methyl sites for hydroxylation is 1. The molecule has 1 aromatic carbocycles. The van der Waals surface area contributed by atoms with E-state index in [4.69, 9.17) is 10.00 Å². The summed E-state index contributed by atoms with van der Waals surface area (Å²) < 4.78 is 5.26.